The summed E-state index contributed by atoms with van der Waals surface area (Å²) < 4.78 is 70.0. The standard InChI is InChI=1S/C14H16F4O3/c1-19-6-8-11(15)13(17)9(14(18)12(8)16)7-21-10-4-2-3-5-20-10/h10H,2-7H2,1H3. The minimum absolute atomic E-state index is 0.491. The molecule has 0 N–H and O–H groups in total. The molecule has 1 saturated heterocycles. The Balaban J connectivity index is 2.19. The van der Waals surface area contributed by atoms with Crippen molar-refractivity contribution < 1.29 is 31.8 Å². The van der Waals surface area contributed by atoms with Gasteiger partial charge in [0.05, 0.1) is 24.3 Å². The molecule has 1 heterocycles. The van der Waals surface area contributed by atoms with Crippen molar-refractivity contribution >= 4 is 0 Å². The van der Waals surface area contributed by atoms with Gasteiger partial charge in [-0.05, 0) is 19.3 Å². The van der Waals surface area contributed by atoms with Gasteiger partial charge in [0.15, 0.2) is 29.6 Å². The van der Waals surface area contributed by atoms with Gasteiger partial charge < -0.3 is 14.2 Å². The van der Waals surface area contributed by atoms with E-state index in [0.717, 1.165) is 12.8 Å². The van der Waals surface area contributed by atoms with Crippen LogP contribution >= 0.6 is 0 Å². The van der Waals surface area contributed by atoms with E-state index in [0.29, 0.717) is 13.0 Å². The molecule has 0 saturated carbocycles. The quantitative estimate of drug-likeness (QED) is 0.616. The van der Waals surface area contributed by atoms with Crippen LogP contribution in [0.4, 0.5) is 17.6 Å². The van der Waals surface area contributed by atoms with Crippen LogP contribution in [0, 0.1) is 23.3 Å². The van der Waals surface area contributed by atoms with Crippen molar-refractivity contribution in [1.29, 1.82) is 0 Å². The fourth-order valence-corrected chi connectivity index (χ4v) is 2.14. The van der Waals surface area contributed by atoms with Gasteiger partial charge in [-0.25, -0.2) is 17.6 Å². The van der Waals surface area contributed by atoms with E-state index in [1.165, 1.54) is 7.11 Å². The number of rotatable bonds is 5. The van der Waals surface area contributed by atoms with E-state index in [1.807, 2.05) is 0 Å². The first-order chi connectivity index (χ1) is 10.1. The molecule has 0 spiro atoms. The average Bonchev–Trinajstić information content (AvgIpc) is 2.51. The molecule has 0 aliphatic carbocycles. The van der Waals surface area contributed by atoms with Gasteiger partial charge in [-0.3, -0.25) is 0 Å². The number of hydrogen-bond acceptors (Lipinski definition) is 3. The molecule has 118 valence electrons. The molecule has 0 aromatic heterocycles. The fourth-order valence-electron chi connectivity index (χ4n) is 2.14. The summed E-state index contributed by atoms with van der Waals surface area (Å²) >= 11 is 0. The molecule has 1 aliphatic heterocycles. The SMILES string of the molecule is COCc1c(F)c(F)c(COC2CCCCO2)c(F)c1F. The average molecular weight is 308 g/mol. The maximum Gasteiger partial charge on any atom is 0.167 e. The number of methoxy groups -OCH3 is 1. The van der Waals surface area contributed by atoms with Crippen LogP contribution in [0.15, 0.2) is 0 Å². The first kappa shape index (κ1) is 16.2. The molecule has 2 rings (SSSR count). The molecule has 1 aliphatic rings. The minimum atomic E-state index is -1.46. The predicted octanol–water partition coefficient (Wildman–Crippen LogP) is 3.43. The molecular formula is C14H16F4O3. The van der Waals surface area contributed by atoms with Crippen LogP contribution in [0.3, 0.4) is 0 Å². The third-order valence-electron chi connectivity index (χ3n) is 3.29. The largest absolute Gasteiger partial charge is 0.380 e. The highest BCUT2D eigenvalue weighted by atomic mass is 19.2. The van der Waals surface area contributed by atoms with Crippen molar-refractivity contribution in [2.75, 3.05) is 13.7 Å². The number of hydrogen-bond donors (Lipinski definition) is 0. The molecular weight excluding hydrogens is 292 g/mol. The van der Waals surface area contributed by atoms with Gasteiger partial charge in [-0.1, -0.05) is 0 Å². The van der Waals surface area contributed by atoms with Gasteiger partial charge >= 0.3 is 0 Å². The number of ether oxygens (including phenoxy) is 3. The number of halogens is 4. The summed E-state index contributed by atoms with van der Waals surface area (Å²) in [6.45, 7) is -0.660. The third kappa shape index (κ3) is 3.53. The van der Waals surface area contributed by atoms with Crippen LogP contribution in [-0.2, 0) is 27.4 Å². The van der Waals surface area contributed by atoms with Crippen LogP contribution in [0.1, 0.15) is 30.4 Å². The maximum atomic E-state index is 13.8. The molecule has 0 amide bonds. The highest BCUT2D eigenvalue weighted by Gasteiger charge is 2.26. The van der Waals surface area contributed by atoms with Crippen LogP contribution in [0.5, 0.6) is 0 Å². The summed E-state index contributed by atoms with van der Waals surface area (Å²) in [5.41, 5.74) is -1.55. The molecule has 7 heteroatoms. The Kier molecular flexibility index (Phi) is 5.55. The third-order valence-corrected chi connectivity index (χ3v) is 3.29. The second-order valence-electron chi connectivity index (χ2n) is 4.75. The molecule has 21 heavy (non-hydrogen) atoms. The second-order valence-corrected chi connectivity index (χ2v) is 4.75. The summed E-state index contributed by atoms with van der Waals surface area (Å²) in [5.74, 6) is -5.84. The smallest absolute Gasteiger partial charge is 0.167 e. The van der Waals surface area contributed by atoms with E-state index in [1.54, 1.807) is 0 Å². The highest BCUT2D eigenvalue weighted by molar-refractivity contribution is 5.29. The first-order valence-electron chi connectivity index (χ1n) is 6.62. The maximum absolute atomic E-state index is 13.8. The Hall–Kier alpha value is -1.18. The van der Waals surface area contributed by atoms with E-state index in [2.05, 4.69) is 4.74 Å². The highest BCUT2D eigenvalue weighted by Crippen LogP contribution is 2.26. The molecule has 3 nitrogen and oxygen atoms in total. The van der Waals surface area contributed by atoms with Crippen molar-refractivity contribution in [3.05, 3.63) is 34.4 Å². The van der Waals surface area contributed by atoms with E-state index < -0.39 is 53.9 Å². The second kappa shape index (κ2) is 7.20. The zero-order valence-electron chi connectivity index (χ0n) is 11.6. The summed E-state index contributed by atoms with van der Waals surface area (Å²) in [6, 6.07) is 0. The summed E-state index contributed by atoms with van der Waals surface area (Å²) in [6.07, 6.45) is 1.72. The lowest BCUT2D eigenvalue weighted by atomic mass is 10.1. The van der Waals surface area contributed by atoms with E-state index in [4.69, 9.17) is 9.47 Å². The fraction of sp³-hybridized carbons (Fsp3) is 0.571. The molecule has 1 aromatic rings. The lowest BCUT2D eigenvalue weighted by molar-refractivity contribution is -0.169. The molecule has 0 radical (unpaired) electrons. The van der Waals surface area contributed by atoms with Crippen LogP contribution in [-0.4, -0.2) is 20.0 Å². The topological polar surface area (TPSA) is 27.7 Å². The van der Waals surface area contributed by atoms with E-state index in [9.17, 15) is 17.6 Å². The van der Waals surface area contributed by atoms with Crippen molar-refractivity contribution in [2.24, 2.45) is 0 Å². The lowest BCUT2D eigenvalue weighted by Gasteiger charge is -2.23. The van der Waals surface area contributed by atoms with Crippen LogP contribution in [0.2, 0.25) is 0 Å². The molecule has 1 atom stereocenters. The van der Waals surface area contributed by atoms with Crippen molar-refractivity contribution in [1.82, 2.24) is 0 Å². The molecule has 1 unspecified atom stereocenters. The van der Waals surface area contributed by atoms with Crippen molar-refractivity contribution in [2.45, 2.75) is 38.8 Å². The molecule has 0 bridgehead atoms. The Morgan fingerprint density at radius 3 is 2.00 bits per heavy atom. The van der Waals surface area contributed by atoms with Crippen LogP contribution in [0.25, 0.3) is 0 Å². The van der Waals surface area contributed by atoms with E-state index in [-0.39, 0.29) is 0 Å². The summed E-state index contributed by atoms with van der Waals surface area (Å²) in [4.78, 5) is 0. The molecule has 1 fully saturated rings. The zero-order valence-corrected chi connectivity index (χ0v) is 11.6. The van der Waals surface area contributed by atoms with Crippen molar-refractivity contribution in [3.63, 3.8) is 0 Å². The van der Waals surface area contributed by atoms with E-state index >= 15 is 0 Å². The zero-order chi connectivity index (χ0) is 15.4. The van der Waals surface area contributed by atoms with Gasteiger partial charge in [0.2, 0.25) is 0 Å². The van der Waals surface area contributed by atoms with Gasteiger partial charge in [-0.15, -0.1) is 0 Å². The minimum Gasteiger partial charge on any atom is -0.380 e. The lowest BCUT2D eigenvalue weighted by Crippen LogP contribution is -2.23. The predicted molar refractivity (Wildman–Crippen MR) is 65.4 cm³/mol. The number of benzene rings is 1. The Morgan fingerprint density at radius 1 is 0.952 bits per heavy atom. The Bertz CT molecular complexity index is 472. The van der Waals surface area contributed by atoms with Gasteiger partial charge in [0.25, 0.3) is 0 Å². The summed E-state index contributed by atoms with van der Waals surface area (Å²) in [7, 11) is 1.17. The van der Waals surface area contributed by atoms with Gasteiger partial charge in [0, 0.05) is 13.7 Å². The van der Waals surface area contributed by atoms with Crippen LogP contribution < -0.4 is 0 Å². The molecule has 1 aromatic carbocycles. The Labute approximate surface area is 119 Å². The normalized spacial score (nSPS) is 19.0. The van der Waals surface area contributed by atoms with Gasteiger partial charge in [-0.2, -0.15) is 0 Å². The summed E-state index contributed by atoms with van der Waals surface area (Å²) in [5, 5.41) is 0. The monoisotopic (exact) mass is 308 g/mol. The van der Waals surface area contributed by atoms with Crippen molar-refractivity contribution in [3.8, 4) is 0 Å². The Morgan fingerprint density at radius 2 is 1.52 bits per heavy atom. The first-order valence-corrected chi connectivity index (χ1v) is 6.62. The van der Waals surface area contributed by atoms with Gasteiger partial charge in [0.1, 0.15) is 0 Å².